The summed E-state index contributed by atoms with van der Waals surface area (Å²) in [6.45, 7) is 3.74. The normalized spacial score (nSPS) is 13.7. The van der Waals surface area contributed by atoms with E-state index in [-0.39, 0.29) is 11.8 Å². The fraction of sp³-hybridized carbons (Fsp3) is 0.438. The van der Waals surface area contributed by atoms with Gasteiger partial charge in [0.25, 0.3) is 5.91 Å². The van der Waals surface area contributed by atoms with Gasteiger partial charge in [0.15, 0.2) is 5.69 Å². The van der Waals surface area contributed by atoms with Crippen LogP contribution in [0.4, 0.5) is 0 Å². The minimum atomic E-state index is -0.170. The van der Waals surface area contributed by atoms with E-state index in [4.69, 9.17) is 0 Å². The lowest BCUT2D eigenvalue weighted by molar-refractivity contribution is -0.131. The molecule has 2 N–H and O–H groups in total. The average Bonchev–Trinajstić information content (AvgIpc) is 3.21. The SMILES string of the molecule is CCCNC(=O)c1n[nH]c2c1CN(C(=O)Cc1cccs1)CC2. The average molecular weight is 332 g/mol. The number of fused-ring (bicyclic) bond motifs is 1. The molecule has 0 bridgehead atoms. The van der Waals surface area contributed by atoms with Crippen molar-refractivity contribution >= 4 is 23.2 Å². The van der Waals surface area contributed by atoms with Gasteiger partial charge in [-0.3, -0.25) is 14.7 Å². The fourth-order valence-corrected chi connectivity index (χ4v) is 3.39. The molecule has 2 aromatic rings. The third-order valence-electron chi connectivity index (χ3n) is 3.94. The van der Waals surface area contributed by atoms with Gasteiger partial charge >= 0.3 is 0 Å². The number of hydrogen-bond donors (Lipinski definition) is 2. The molecule has 0 spiro atoms. The molecule has 0 aliphatic carbocycles. The summed E-state index contributed by atoms with van der Waals surface area (Å²) < 4.78 is 0. The number of hydrogen-bond acceptors (Lipinski definition) is 4. The van der Waals surface area contributed by atoms with Gasteiger partial charge in [-0.1, -0.05) is 13.0 Å². The van der Waals surface area contributed by atoms with E-state index in [1.165, 1.54) is 0 Å². The largest absolute Gasteiger partial charge is 0.351 e. The summed E-state index contributed by atoms with van der Waals surface area (Å²) in [7, 11) is 0. The monoisotopic (exact) mass is 332 g/mol. The van der Waals surface area contributed by atoms with Gasteiger partial charge in [-0.05, 0) is 17.9 Å². The number of carbonyl (C=O) groups excluding carboxylic acids is 2. The van der Waals surface area contributed by atoms with E-state index in [0.29, 0.717) is 38.2 Å². The van der Waals surface area contributed by atoms with Crippen LogP contribution in [0.5, 0.6) is 0 Å². The van der Waals surface area contributed by atoms with Crippen LogP contribution in [0.25, 0.3) is 0 Å². The lowest BCUT2D eigenvalue weighted by Gasteiger charge is -2.27. The van der Waals surface area contributed by atoms with Crippen molar-refractivity contribution in [1.82, 2.24) is 20.4 Å². The maximum Gasteiger partial charge on any atom is 0.272 e. The number of amides is 2. The van der Waals surface area contributed by atoms with E-state index in [2.05, 4.69) is 15.5 Å². The maximum absolute atomic E-state index is 12.5. The van der Waals surface area contributed by atoms with Crippen LogP contribution < -0.4 is 5.32 Å². The van der Waals surface area contributed by atoms with Crippen LogP contribution in [0.15, 0.2) is 17.5 Å². The highest BCUT2D eigenvalue weighted by atomic mass is 32.1. The summed E-state index contributed by atoms with van der Waals surface area (Å²) in [5.41, 5.74) is 2.23. The van der Waals surface area contributed by atoms with E-state index in [9.17, 15) is 9.59 Å². The number of aromatic nitrogens is 2. The number of nitrogens with one attached hydrogen (secondary N) is 2. The van der Waals surface area contributed by atoms with Crippen molar-refractivity contribution in [3.63, 3.8) is 0 Å². The zero-order chi connectivity index (χ0) is 16.2. The minimum absolute atomic E-state index is 0.0965. The Morgan fingerprint density at radius 1 is 1.48 bits per heavy atom. The summed E-state index contributed by atoms with van der Waals surface area (Å²) in [5, 5.41) is 11.9. The first-order chi connectivity index (χ1) is 11.2. The topological polar surface area (TPSA) is 78.1 Å². The van der Waals surface area contributed by atoms with E-state index in [1.807, 2.05) is 29.3 Å². The zero-order valence-electron chi connectivity index (χ0n) is 13.1. The Labute approximate surface area is 138 Å². The van der Waals surface area contributed by atoms with Crippen molar-refractivity contribution in [2.75, 3.05) is 13.1 Å². The molecular formula is C16H20N4O2S. The summed E-state index contributed by atoms with van der Waals surface area (Å²) in [5.74, 6) is -0.0730. The summed E-state index contributed by atoms with van der Waals surface area (Å²) in [6, 6.07) is 3.92. The smallest absolute Gasteiger partial charge is 0.272 e. The van der Waals surface area contributed by atoms with Gasteiger partial charge in [0.05, 0.1) is 6.42 Å². The second kappa shape index (κ2) is 6.95. The quantitative estimate of drug-likeness (QED) is 0.875. The highest BCUT2D eigenvalue weighted by molar-refractivity contribution is 7.10. The molecule has 0 saturated heterocycles. The molecule has 0 aromatic carbocycles. The molecule has 1 aliphatic rings. The van der Waals surface area contributed by atoms with Gasteiger partial charge < -0.3 is 10.2 Å². The van der Waals surface area contributed by atoms with Crippen molar-refractivity contribution in [3.8, 4) is 0 Å². The zero-order valence-corrected chi connectivity index (χ0v) is 13.9. The summed E-state index contributed by atoms with van der Waals surface area (Å²) >= 11 is 1.59. The molecule has 0 unspecified atom stereocenters. The van der Waals surface area contributed by atoms with Crippen LogP contribution in [0.2, 0.25) is 0 Å². The Bertz CT molecular complexity index is 693. The molecule has 122 valence electrons. The van der Waals surface area contributed by atoms with E-state index in [0.717, 1.165) is 22.6 Å². The van der Waals surface area contributed by atoms with E-state index < -0.39 is 0 Å². The van der Waals surface area contributed by atoms with E-state index in [1.54, 1.807) is 11.3 Å². The molecule has 3 heterocycles. The number of H-pyrrole nitrogens is 1. The molecule has 0 atom stereocenters. The summed E-state index contributed by atoms with van der Waals surface area (Å²) in [6.07, 6.45) is 2.01. The Kier molecular flexibility index (Phi) is 4.76. The molecule has 6 nitrogen and oxygen atoms in total. The number of rotatable bonds is 5. The van der Waals surface area contributed by atoms with Crippen LogP contribution in [0, 0.1) is 0 Å². The molecule has 0 fully saturated rings. The predicted molar refractivity (Wildman–Crippen MR) is 88.4 cm³/mol. The van der Waals surface area contributed by atoms with Crippen LogP contribution in [0.1, 0.15) is 40.0 Å². The predicted octanol–water partition coefficient (Wildman–Crippen LogP) is 1.74. The lowest BCUT2D eigenvalue weighted by atomic mass is 10.0. The molecule has 3 rings (SSSR count). The molecule has 0 saturated carbocycles. The van der Waals surface area contributed by atoms with Crippen molar-refractivity contribution in [2.24, 2.45) is 0 Å². The van der Waals surface area contributed by atoms with Gasteiger partial charge in [-0.15, -0.1) is 11.3 Å². The first-order valence-electron chi connectivity index (χ1n) is 7.83. The highest BCUT2D eigenvalue weighted by Crippen LogP contribution is 2.21. The van der Waals surface area contributed by atoms with Gasteiger partial charge in [-0.2, -0.15) is 5.10 Å². The van der Waals surface area contributed by atoms with Gasteiger partial charge in [0, 0.05) is 42.2 Å². The Hall–Kier alpha value is -2.15. The number of thiophene rings is 1. The third kappa shape index (κ3) is 3.44. The Morgan fingerprint density at radius 2 is 2.35 bits per heavy atom. The Morgan fingerprint density at radius 3 is 3.09 bits per heavy atom. The molecule has 1 aliphatic heterocycles. The highest BCUT2D eigenvalue weighted by Gasteiger charge is 2.27. The molecule has 7 heteroatoms. The second-order valence-corrected chi connectivity index (χ2v) is 6.64. The van der Waals surface area contributed by atoms with Crippen molar-refractivity contribution in [2.45, 2.75) is 32.7 Å². The molecule has 23 heavy (non-hydrogen) atoms. The Balaban J connectivity index is 1.70. The second-order valence-electron chi connectivity index (χ2n) is 5.61. The first-order valence-corrected chi connectivity index (χ1v) is 8.71. The fourth-order valence-electron chi connectivity index (χ4n) is 2.69. The minimum Gasteiger partial charge on any atom is -0.351 e. The molecule has 2 aromatic heterocycles. The van der Waals surface area contributed by atoms with Crippen LogP contribution in [-0.2, 0) is 24.2 Å². The molecular weight excluding hydrogens is 312 g/mol. The van der Waals surface area contributed by atoms with Crippen LogP contribution >= 0.6 is 11.3 Å². The standard InChI is InChI=1S/C16H20N4O2S/c1-2-6-17-16(22)15-12-10-20(7-5-13(12)18-19-15)14(21)9-11-4-3-8-23-11/h3-4,8H,2,5-7,9-10H2,1H3,(H,17,22)(H,18,19). The van der Waals surface area contributed by atoms with Crippen molar-refractivity contribution in [1.29, 1.82) is 0 Å². The van der Waals surface area contributed by atoms with Crippen LogP contribution in [-0.4, -0.2) is 40.0 Å². The maximum atomic E-state index is 12.5. The third-order valence-corrected chi connectivity index (χ3v) is 4.82. The number of aromatic amines is 1. The number of carbonyl (C=O) groups is 2. The van der Waals surface area contributed by atoms with Gasteiger partial charge in [0.1, 0.15) is 0 Å². The molecule has 0 radical (unpaired) electrons. The van der Waals surface area contributed by atoms with Gasteiger partial charge in [0.2, 0.25) is 5.91 Å². The van der Waals surface area contributed by atoms with Crippen molar-refractivity contribution in [3.05, 3.63) is 39.3 Å². The van der Waals surface area contributed by atoms with E-state index >= 15 is 0 Å². The summed E-state index contributed by atoms with van der Waals surface area (Å²) in [4.78, 5) is 27.5. The number of nitrogens with zero attached hydrogens (tertiary/aromatic N) is 2. The lowest BCUT2D eigenvalue weighted by Crippen LogP contribution is -2.37. The van der Waals surface area contributed by atoms with Gasteiger partial charge in [-0.25, -0.2) is 0 Å². The molecule has 2 amide bonds. The van der Waals surface area contributed by atoms with Crippen molar-refractivity contribution < 1.29 is 9.59 Å². The first kappa shape index (κ1) is 15.7. The van der Waals surface area contributed by atoms with Crippen LogP contribution in [0.3, 0.4) is 0 Å².